The number of benzene rings is 1. The molecule has 0 amide bonds. The fraction of sp³-hybridized carbons (Fsp3) is 0.316. The number of aryl methyl sites for hydroxylation is 1. The molecule has 1 aromatic carbocycles. The second-order valence-electron chi connectivity index (χ2n) is 6.19. The lowest BCUT2D eigenvalue weighted by Crippen LogP contribution is -2.36. The fourth-order valence-corrected chi connectivity index (χ4v) is 2.60. The van der Waals surface area contributed by atoms with Crippen LogP contribution >= 0.6 is 0 Å². The van der Waals surface area contributed by atoms with Gasteiger partial charge in [-0.25, -0.2) is 9.37 Å². The Morgan fingerprint density at radius 1 is 1.13 bits per heavy atom. The van der Waals surface area contributed by atoms with Gasteiger partial charge in [0.25, 0.3) is 0 Å². The average Bonchev–Trinajstić information content (AvgIpc) is 2.50. The minimum absolute atomic E-state index is 0.238. The molecule has 0 bridgehead atoms. The molecule has 2 heterocycles. The average molecular weight is 313 g/mol. The topological polar surface area (TPSA) is 31.4 Å². The van der Waals surface area contributed by atoms with Crippen LogP contribution in [0.15, 0.2) is 24.3 Å². The maximum absolute atomic E-state index is 13.0. The van der Waals surface area contributed by atoms with Crippen LogP contribution in [-0.4, -0.2) is 10.8 Å². The van der Waals surface area contributed by atoms with Crippen LogP contribution in [0.4, 0.5) is 4.39 Å². The Kier molecular flexibility index (Phi) is 3.94. The van der Waals surface area contributed by atoms with Gasteiger partial charge < -0.3 is 9.47 Å². The Morgan fingerprint density at radius 3 is 2.52 bits per heavy atom. The van der Waals surface area contributed by atoms with Gasteiger partial charge in [-0.2, -0.15) is 0 Å². The van der Waals surface area contributed by atoms with Gasteiger partial charge in [-0.1, -0.05) is 18.2 Å². The minimum Gasteiger partial charge on any atom is -0.461 e. The van der Waals surface area contributed by atoms with Crippen molar-refractivity contribution in [1.29, 1.82) is 0 Å². The molecule has 2 aromatic rings. The first kappa shape index (κ1) is 15.7. The van der Waals surface area contributed by atoms with E-state index in [1.807, 2.05) is 39.8 Å². The Labute approximate surface area is 135 Å². The summed E-state index contributed by atoms with van der Waals surface area (Å²) < 4.78 is 24.6. The standard InChI is InChI=1S/C19H20FNO2/c1-12-16-11-22-19(3,4)23-18(16)13(2)21-17(12)10-7-14-5-8-15(20)9-6-14/h5-10H,11H2,1-4H3/b10-7+. The molecule has 0 atom stereocenters. The smallest absolute Gasteiger partial charge is 0.205 e. The number of hydrogen-bond acceptors (Lipinski definition) is 3. The zero-order valence-electron chi connectivity index (χ0n) is 13.8. The van der Waals surface area contributed by atoms with Crippen LogP contribution in [0.5, 0.6) is 5.75 Å². The molecule has 4 heteroatoms. The highest BCUT2D eigenvalue weighted by Gasteiger charge is 2.30. The van der Waals surface area contributed by atoms with Crippen LogP contribution in [-0.2, 0) is 11.3 Å². The monoisotopic (exact) mass is 313 g/mol. The van der Waals surface area contributed by atoms with Crippen molar-refractivity contribution in [3.8, 4) is 5.75 Å². The fourth-order valence-electron chi connectivity index (χ4n) is 2.60. The highest BCUT2D eigenvalue weighted by Crippen LogP contribution is 2.36. The Balaban J connectivity index is 1.95. The summed E-state index contributed by atoms with van der Waals surface area (Å²) in [6.07, 6.45) is 3.87. The first-order chi connectivity index (χ1) is 10.9. The van der Waals surface area contributed by atoms with Crippen molar-refractivity contribution >= 4 is 12.2 Å². The molecule has 1 aliphatic heterocycles. The van der Waals surface area contributed by atoms with E-state index < -0.39 is 5.79 Å². The summed E-state index contributed by atoms with van der Waals surface area (Å²) in [5, 5.41) is 0. The predicted molar refractivity (Wildman–Crippen MR) is 88.5 cm³/mol. The molecule has 0 radical (unpaired) electrons. The number of halogens is 1. The molecular formula is C19H20FNO2. The van der Waals surface area contributed by atoms with E-state index in [-0.39, 0.29) is 5.82 Å². The highest BCUT2D eigenvalue weighted by atomic mass is 19.1. The highest BCUT2D eigenvalue weighted by molar-refractivity contribution is 5.70. The molecule has 1 aromatic heterocycles. The van der Waals surface area contributed by atoms with Crippen LogP contribution in [0.3, 0.4) is 0 Å². The third-order valence-corrected chi connectivity index (χ3v) is 3.94. The number of pyridine rings is 1. The summed E-state index contributed by atoms with van der Waals surface area (Å²) in [5.41, 5.74) is 4.73. The van der Waals surface area contributed by atoms with E-state index in [2.05, 4.69) is 4.98 Å². The number of fused-ring (bicyclic) bond motifs is 1. The molecule has 0 aliphatic carbocycles. The van der Waals surface area contributed by atoms with E-state index in [4.69, 9.17) is 9.47 Å². The van der Waals surface area contributed by atoms with Crippen molar-refractivity contribution in [2.45, 2.75) is 40.1 Å². The van der Waals surface area contributed by atoms with Crippen molar-refractivity contribution in [3.05, 3.63) is 58.2 Å². The number of nitrogens with zero attached hydrogens (tertiary/aromatic N) is 1. The van der Waals surface area contributed by atoms with Gasteiger partial charge >= 0.3 is 0 Å². The summed E-state index contributed by atoms with van der Waals surface area (Å²) in [5.74, 6) is -0.0483. The molecule has 0 fully saturated rings. The van der Waals surface area contributed by atoms with Gasteiger partial charge in [0.05, 0.1) is 18.0 Å². The lowest BCUT2D eigenvalue weighted by molar-refractivity contribution is -0.180. The molecule has 3 rings (SSSR count). The Hall–Kier alpha value is -2.20. The van der Waals surface area contributed by atoms with Gasteiger partial charge in [0.1, 0.15) is 11.6 Å². The van der Waals surface area contributed by atoms with Crippen molar-refractivity contribution in [2.75, 3.05) is 0 Å². The van der Waals surface area contributed by atoms with Crippen molar-refractivity contribution in [1.82, 2.24) is 4.98 Å². The molecule has 1 aliphatic rings. The summed E-state index contributed by atoms with van der Waals surface area (Å²) in [6.45, 7) is 8.25. The van der Waals surface area contributed by atoms with E-state index in [1.165, 1.54) is 12.1 Å². The van der Waals surface area contributed by atoms with E-state index in [0.29, 0.717) is 6.61 Å². The normalized spacial score (nSPS) is 16.2. The van der Waals surface area contributed by atoms with E-state index in [1.54, 1.807) is 12.1 Å². The van der Waals surface area contributed by atoms with Crippen LogP contribution in [0.2, 0.25) is 0 Å². The van der Waals surface area contributed by atoms with Crippen LogP contribution in [0, 0.1) is 19.7 Å². The van der Waals surface area contributed by atoms with Crippen LogP contribution in [0.1, 0.15) is 41.9 Å². The van der Waals surface area contributed by atoms with Crippen LogP contribution < -0.4 is 4.74 Å². The third kappa shape index (κ3) is 3.27. The molecular weight excluding hydrogens is 293 g/mol. The second-order valence-corrected chi connectivity index (χ2v) is 6.19. The van der Waals surface area contributed by atoms with E-state index >= 15 is 0 Å². The zero-order valence-corrected chi connectivity index (χ0v) is 13.8. The first-order valence-corrected chi connectivity index (χ1v) is 7.62. The van der Waals surface area contributed by atoms with Gasteiger partial charge in [0.2, 0.25) is 5.79 Å². The number of rotatable bonds is 2. The molecule has 23 heavy (non-hydrogen) atoms. The first-order valence-electron chi connectivity index (χ1n) is 7.62. The maximum Gasteiger partial charge on any atom is 0.205 e. The summed E-state index contributed by atoms with van der Waals surface area (Å²) in [4.78, 5) is 4.64. The van der Waals surface area contributed by atoms with Crippen molar-refractivity contribution in [3.63, 3.8) is 0 Å². The lowest BCUT2D eigenvalue weighted by Gasteiger charge is -2.34. The predicted octanol–water partition coefficient (Wildman–Crippen LogP) is 4.65. The minimum atomic E-state index is -0.628. The number of ether oxygens (including phenoxy) is 2. The Bertz CT molecular complexity index is 764. The van der Waals surface area contributed by atoms with Crippen LogP contribution in [0.25, 0.3) is 12.2 Å². The summed E-state index contributed by atoms with van der Waals surface area (Å²) in [6, 6.07) is 6.37. The van der Waals surface area contributed by atoms with Gasteiger partial charge in [0.15, 0.2) is 0 Å². The molecule has 0 saturated heterocycles. The molecule has 3 nitrogen and oxygen atoms in total. The van der Waals surface area contributed by atoms with Gasteiger partial charge in [-0.05, 0) is 43.2 Å². The molecule has 0 N–H and O–H groups in total. The van der Waals surface area contributed by atoms with E-state index in [9.17, 15) is 4.39 Å². The summed E-state index contributed by atoms with van der Waals surface area (Å²) >= 11 is 0. The second kappa shape index (κ2) is 5.78. The quantitative estimate of drug-likeness (QED) is 0.808. The molecule has 0 unspecified atom stereocenters. The van der Waals surface area contributed by atoms with Crippen molar-refractivity contribution < 1.29 is 13.9 Å². The molecule has 120 valence electrons. The maximum atomic E-state index is 13.0. The van der Waals surface area contributed by atoms with Gasteiger partial charge in [-0.15, -0.1) is 0 Å². The van der Waals surface area contributed by atoms with Crippen molar-refractivity contribution in [2.24, 2.45) is 0 Å². The Morgan fingerprint density at radius 2 is 1.83 bits per heavy atom. The number of hydrogen-bond donors (Lipinski definition) is 0. The van der Waals surface area contributed by atoms with Gasteiger partial charge in [0, 0.05) is 19.4 Å². The lowest BCUT2D eigenvalue weighted by atomic mass is 10.0. The molecule has 0 spiro atoms. The SMILES string of the molecule is Cc1nc(/C=C/c2ccc(F)cc2)c(C)c2c1OC(C)(C)OC2. The summed E-state index contributed by atoms with van der Waals surface area (Å²) in [7, 11) is 0. The largest absolute Gasteiger partial charge is 0.461 e. The number of aromatic nitrogens is 1. The van der Waals surface area contributed by atoms with E-state index in [0.717, 1.165) is 33.8 Å². The zero-order chi connectivity index (χ0) is 16.6. The molecule has 0 saturated carbocycles. The van der Waals surface area contributed by atoms with Gasteiger partial charge in [-0.3, -0.25) is 0 Å². The third-order valence-electron chi connectivity index (χ3n) is 3.94.